The molecule has 240 valence electrons. The highest BCUT2D eigenvalue weighted by molar-refractivity contribution is 6.01. The number of aromatic nitrogens is 7. The van der Waals surface area contributed by atoms with Crippen LogP contribution in [0, 0.1) is 5.41 Å². The van der Waals surface area contributed by atoms with Gasteiger partial charge in [0.15, 0.2) is 0 Å². The maximum Gasteiger partial charge on any atom is 0.437 e. The standard InChI is InChI=1S/C33H34N10O4/c1-39-18-24(17-34-39)28-29-25(36-37-28)7-8-26(35-29)43-16-12-33(31(43)45)11-15-41(20-33)19-27(44)42-13-9-22(10-14-42)21-3-5-23(6-4-21)30-38-40(2)32(46)47-30/h3-9,17-18H,10-16,19-20H2,1-2H3,(H,36,37)/t33-/m0/s1. The van der Waals surface area contributed by atoms with Gasteiger partial charge >= 0.3 is 5.76 Å². The van der Waals surface area contributed by atoms with Crippen LogP contribution in [0.25, 0.3) is 39.3 Å². The molecule has 1 aromatic carbocycles. The molecule has 0 aliphatic carbocycles. The molecule has 7 heterocycles. The van der Waals surface area contributed by atoms with E-state index in [1.165, 1.54) is 10.3 Å². The van der Waals surface area contributed by atoms with Crippen LogP contribution in [0.5, 0.6) is 0 Å². The fourth-order valence-corrected chi connectivity index (χ4v) is 7.03. The molecule has 1 atom stereocenters. The molecule has 3 aliphatic heterocycles. The third-order valence-corrected chi connectivity index (χ3v) is 9.71. The third-order valence-electron chi connectivity index (χ3n) is 9.71. The van der Waals surface area contributed by atoms with Crippen molar-refractivity contribution < 1.29 is 14.0 Å². The van der Waals surface area contributed by atoms with Gasteiger partial charge in [-0.1, -0.05) is 18.2 Å². The van der Waals surface area contributed by atoms with E-state index >= 15 is 0 Å². The predicted molar refractivity (Wildman–Crippen MR) is 173 cm³/mol. The second-order valence-corrected chi connectivity index (χ2v) is 12.7. The number of fused-ring (bicyclic) bond motifs is 1. The quantitative estimate of drug-likeness (QED) is 0.297. The van der Waals surface area contributed by atoms with E-state index in [2.05, 4.69) is 31.4 Å². The van der Waals surface area contributed by atoms with Gasteiger partial charge in [-0.15, -0.1) is 5.10 Å². The lowest BCUT2D eigenvalue weighted by molar-refractivity contribution is -0.132. The van der Waals surface area contributed by atoms with Crippen molar-refractivity contribution >= 4 is 34.2 Å². The average molecular weight is 635 g/mol. The molecule has 1 N–H and O–H groups in total. The summed E-state index contributed by atoms with van der Waals surface area (Å²) in [6.45, 7) is 3.35. The second kappa shape index (κ2) is 11.2. The van der Waals surface area contributed by atoms with Crippen molar-refractivity contribution in [1.29, 1.82) is 0 Å². The van der Waals surface area contributed by atoms with Gasteiger partial charge in [0.1, 0.15) is 17.0 Å². The number of H-pyrrole nitrogens is 1. The number of nitrogens with one attached hydrogen (secondary N) is 1. The minimum Gasteiger partial charge on any atom is -0.388 e. The maximum atomic E-state index is 13.9. The number of benzene rings is 1. The first-order valence-corrected chi connectivity index (χ1v) is 15.8. The maximum absolute atomic E-state index is 13.9. The van der Waals surface area contributed by atoms with Crippen LogP contribution in [0.2, 0.25) is 0 Å². The molecular weight excluding hydrogens is 600 g/mol. The average Bonchev–Trinajstić information content (AvgIpc) is 3.92. The number of aryl methyl sites for hydroxylation is 2. The van der Waals surface area contributed by atoms with Crippen LogP contribution in [-0.4, -0.2) is 95.6 Å². The highest BCUT2D eigenvalue weighted by Crippen LogP contribution is 2.42. The lowest BCUT2D eigenvalue weighted by atomic mass is 9.85. The number of amides is 2. The number of likely N-dealkylation sites (tertiary alicyclic amines) is 1. The van der Waals surface area contributed by atoms with Crippen LogP contribution in [0.4, 0.5) is 5.82 Å². The summed E-state index contributed by atoms with van der Waals surface area (Å²) >= 11 is 0. The van der Waals surface area contributed by atoms with Gasteiger partial charge in [-0.25, -0.2) is 9.78 Å². The Morgan fingerprint density at radius 2 is 1.81 bits per heavy atom. The monoisotopic (exact) mass is 634 g/mol. The molecule has 0 unspecified atom stereocenters. The lowest BCUT2D eigenvalue weighted by Gasteiger charge is -2.29. The zero-order valence-electron chi connectivity index (χ0n) is 26.2. The van der Waals surface area contributed by atoms with Crippen LogP contribution in [0.3, 0.4) is 0 Å². The van der Waals surface area contributed by atoms with E-state index in [1.807, 2.05) is 54.5 Å². The number of rotatable bonds is 6. The fraction of sp³-hybridized carbons (Fsp3) is 0.364. The van der Waals surface area contributed by atoms with Crippen molar-refractivity contribution in [2.75, 3.05) is 44.2 Å². The van der Waals surface area contributed by atoms with E-state index < -0.39 is 11.2 Å². The normalized spacial score (nSPS) is 20.2. The molecule has 14 nitrogen and oxygen atoms in total. The molecule has 5 aromatic rings. The first-order valence-electron chi connectivity index (χ1n) is 15.8. The zero-order chi connectivity index (χ0) is 32.3. The van der Waals surface area contributed by atoms with Gasteiger partial charge in [0.05, 0.1) is 23.7 Å². The van der Waals surface area contributed by atoms with E-state index in [0.29, 0.717) is 56.3 Å². The summed E-state index contributed by atoms with van der Waals surface area (Å²) in [4.78, 5) is 49.5. The van der Waals surface area contributed by atoms with Crippen LogP contribution < -0.4 is 10.7 Å². The molecule has 0 bridgehead atoms. The predicted octanol–water partition coefficient (Wildman–Crippen LogP) is 2.46. The number of aromatic amines is 1. The van der Waals surface area contributed by atoms with Crippen molar-refractivity contribution in [3.8, 4) is 22.7 Å². The Labute approximate surface area is 269 Å². The minimum absolute atomic E-state index is 0.0764. The van der Waals surface area contributed by atoms with Crippen LogP contribution in [0.15, 0.2) is 64.1 Å². The molecule has 8 rings (SSSR count). The summed E-state index contributed by atoms with van der Waals surface area (Å²) in [7, 11) is 3.41. The fourth-order valence-electron chi connectivity index (χ4n) is 7.03. The molecule has 2 saturated heterocycles. The van der Waals surface area contributed by atoms with Gasteiger partial charge in [0, 0.05) is 57.6 Å². The van der Waals surface area contributed by atoms with Gasteiger partial charge in [-0.2, -0.15) is 14.9 Å². The number of hydrogen-bond acceptors (Lipinski definition) is 9. The van der Waals surface area contributed by atoms with E-state index in [4.69, 9.17) is 9.40 Å². The van der Waals surface area contributed by atoms with Crippen LogP contribution in [0.1, 0.15) is 24.8 Å². The van der Waals surface area contributed by atoms with Crippen molar-refractivity contribution in [3.05, 3.63) is 71.0 Å². The largest absolute Gasteiger partial charge is 0.437 e. The van der Waals surface area contributed by atoms with Crippen molar-refractivity contribution in [1.82, 2.24) is 44.5 Å². The lowest BCUT2D eigenvalue weighted by Crippen LogP contribution is -2.43. The Kier molecular flexibility index (Phi) is 6.90. The van der Waals surface area contributed by atoms with Crippen molar-refractivity contribution in [3.63, 3.8) is 0 Å². The van der Waals surface area contributed by atoms with Gasteiger partial charge in [-0.3, -0.25) is 29.2 Å². The second-order valence-electron chi connectivity index (χ2n) is 12.7. The van der Waals surface area contributed by atoms with Crippen LogP contribution >= 0.6 is 0 Å². The summed E-state index contributed by atoms with van der Waals surface area (Å²) in [5.74, 6) is 0.565. The number of pyridine rings is 1. The topological polar surface area (TPSA) is 151 Å². The molecule has 0 radical (unpaired) electrons. The van der Waals surface area contributed by atoms with E-state index in [1.54, 1.807) is 22.8 Å². The van der Waals surface area contributed by atoms with Gasteiger partial charge in [0.25, 0.3) is 0 Å². The van der Waals surface area contributed by atoms with Gasteiger partial charge < -0.3 is 9.32 Å². The Balaban J connectivity index is 0.891. The number of anilines is 1. The molecule has 1 spiro atoms. The van der Waals surface area contributed by atoms with E-state index in [0.717, 1.165) is 41.5 Å². The summed E-state index contributed by atoms with van der Waals surface area (Å²) < 4.78 is 8.06. The molecule has 2 fully saturated rings. The SMILES string of the molecule is Cn1cc(-c2n[nH]c3ccc(N4CC[C@]5(CCN(CC(=O)N6CC=C(c7ccc(-c8nn(C)c(=O)o8)cc7)CC6)C5)C4=O)nc23)cn1. The Morgan fingerprint density at radius 3 is 2.53 bits per heavy atom. The van der Waals surface area contributed by atoms with Crippen LogP contribution in [-0.2, 0) is 23.7 Å². The Morgan fingerprint density at radius 1 is 1.00 bits per heavy atom. The first-order chi connectivity index (χ1) is 22.8. The highest BCUT2D eigenvalue weighted by Gasteiger charge is 2.51. The number of carbonyl (C=O) groups is 2. The Bertz CT molecular complexity index is 2100. The molecular formula is C33H34N10O4. The van der Waals surface area contributed by atoms with Gasteiger partial charge in [-0.05, 0) is 61.2 Å². The third kappa shape index (κ3) is 5.14. The zero-order valence-corrected chi connectivity index (χ0v) is 26.2. The van der Waals surface area contributed by atoms with E-state index in [-0.39, 0.29) is 17.7 Å². The first kappa shape index (κ1) is 29.1. The number of nitrogens with zero attached hydrogens (tertiary/aromatic N) is 9. The molecule has 4 aromatic heterocycles. The summed E-state index contributed by atoms with van der Waals surface area (Å²) in [6, 6.07) is 11.5. The molecule has 0 saturated carbocycles. The highest BCUT2D eigenvalue weighted by atomic mass is 16.4. The molecule has 3 aliphatic rings. The van der Waals surface area contributed by atoms with Crippen molar-refractivity contribution in [2.45, 2.75) is 19.3 Å². The van der Waals surface area contributed by atoms with Gasteiger partial charge in [0.2, 0.25) is 17.7 Å². The summed E-state index contributed by atoms with van der Waals surface area (Å²) in [5, 5.41) is 15.8. The molecule has 47 heavy (non-hydrogen) atoms. The summed E-state index contributed by atoms with van der Waals surface area (Å²) in [6.07, 6.45) is 7.95. The Hall–Kier alpha value is -5.37. The van der Waals surface area contributed by atoms with Crippen molar-refractivity contribution in [2.24, 2.45) is 19.5 Å². The number of carbonyl (C=O) groups excluding carboxylic acids is 2. The number of hydrogen-bond donors (Lipinski definition) is 1. The summed E-state index contributed by atoms with van der Waals surface area (Å²) in [5.41, 5.74) is 5.55. The smallest absolute Gasteiger partial charge is 0.388 e. The molecule has 2 amide bonds. The van der Waals surface area contributed by atoms with E-state index in [9.17, 15) is 14.4 Å². The minimum atomic E-state index is -0.502. The molecule has 14 heteroatoms.